The van der Waals surface area contributed by atoms with Crippen LogP contribution >= 0.6 is 0 Å². The van der Waals surface area contributed by atoms with E-state index < -0.39 is 0 Å². The highest BCUT2D eigenvalue weighted by molar-refractivity contribution is 5.95. The molecule has 4 nitrogen and oxygen atoms in total. The third kappa shape index (κ3) is 3.93. The van der Waals surface area contributed by atoms with Crippen molar-refractivity contribution in [1.82, 2.24) is 5.43 Å². The lowest BCUT2D eigenvalue weighted by molar-refractivity contribution is 0.0955. The number of amides is 1. The Hall–Kier alpha value is -2.69. The van der Waals surface area contributed by atoms with E-state index in [-0.39, 0.29) is 17.3 Å². The molecule has 0 spiro atoms. The van der Waals surface area contributed by atoms with Gasteiger partial charge in [0.1, 0.15) is 5.82 Å². The zero-order valence-corrected chi connectivity index (χ0v) is 17.2. The van der Waals surface area contributed by atoms with Crippen LogP contribution < -0.4 is 10.3 Å². The number of nitrogens with one attached hydrogen (secondary N) is 1. The molecular weight excluding hydrogens is 353 g/mol. The normalized spacial score (nSPS) is 18.2. The number of carbonyl (C=O) groups excluding carboxylic acids is 1. The Morgan fingerprint density at radius 1 is 1.32 bits per heavy atom. The number of nitrogens with zero attached hydrogens (tertiary/aromatic N) is 2. The van der Waals surface area contributed by atoms with Crippen molar-refractivity contribution in [3.8, 4) is 0 Å². The molecule has 1 unspecified atom stereocenters. The van der Waals surface area contributed by atoms with Gasteiger partial charge in [-0.1, -0.05) is 24.6 Å². The Balaban J connectivity index is 1.82. The third-order valence-electron chi connectivity index (χ3n) is 5.50. The van der Waals surface area contributed by atoms with E-state index >= 15 is 0 Å². The summed E-state index contributed by atoms with van der Waals surface area (Å²) in [6.45, 7) is 11.4. The molecule has 0 aliphatic carbocycles. The molecule has 5 heteroatoms. The molecule has 0 saturated carbocycles. The Kier molecular flexibility index (Phi) is 5.54. The summed E-state index contributed by atoms with van der Waals surface area (Å²) in [4.78, 5) is 14.4. The minimum atomic E-state index is -0.338. The molecule has 1 atom stereocenters. The number of fused-ring (bicyclic) bond motifs is 1. The summed E-state index contributed by atoms with van der Waals surface area (Å²) in [5.41, 5.74) is 6.51. The summed E-state index contributed by atoms with van der Waals surface area (Å²) in [6.07, 6.45) is 2.38. The van der Waals surface area contributed by atoms with E-state index in [1.165, 1.54) is 6.21 Å². The second-order valence-corrected chi connectivity index (χ2v) is 8.16. The summed E-state index contributed by atoms with van der Waals surface area (Å²) in [6, 6.07) is 10.7. The van der Waals surface area contributed by atoms with Gasteiger partial charge in [0.25, 0.3) is 5.91 Å². The predicted octanol–water partition coefficient (Wildman–Crippen LogP) is 5.01. The van der Waals surface area contributed by atoms with E-state index in [1.54, 1.807) is 18.2 Å². The number of aryl methyl sites for hydroxylation is 1. The number of benzene rings is 2. The van der Waals surface area contributed by atoms with Crippen LogP contribution in [-0.2, 0) is 0 Å². The van der Waals surface area contributed by atoms with Gasteiger partial charge in [-0.25, -0.2) is 9.82 Å². The Labute approximate surface area is 166 Å². The van der Waals surface area contributed by atoms with Gasteiger partial charge in [-0.3, -0.25) is 4.79 Å². The summed E-state index contributed by atoms with van der Waals surface area (Å²) in [5.74, 6) is -0.333. The third-order valence-corrected chi connectivity index (χ3v) is 5.50. The number of rotatable bonds is 4. The minimum absolute atomic E-state index is 0.00871. The first-order valence-electron chi connectivity index (χ1n) is 9.74. The highest BCUT2D eigenvalue weighted by Gasteiger charge is 2.36. The fraction of sp³-hybridized carbons (Fsp3) is 0.391. The molecule has 1 N–H and O–H groups in total. The average molecular weight is 381 g/mol. The van der Waals surface area contributed by atoms with Crippen LogP contribution in [0.25, 0.3) is 0 Å². The Morgan fingerprint density at radius 3 is 2.64 bits per heavy atom. The van der Waals surface area contributed by atoms with Gasteiger partial charge >= 0.3 is 0 Å². The van der Waals surface area contributed by atoms with Gasteiger partial charge in [-0.2, -0.15) is 5.10 Å². The predicted molar refractivity (Wildman–Crippen MR) is 113 cm³/mol. The maximum absolute atomic E-state index is 14.7. The highest BCUT2D eigenvalue weighted by atomic mass is 19.1. The van der Waals surface area contributed by atoms with E-state index in [0.717, 1.165) is 29.8 Å². The zero-order valence-electron chi connectivity index (χ0n) is 17.2. The molecule has 1 aliphatic rings. The first kappa shape index (κ1) is 20.1. The first-order chi connectivity index (χ1) is 13.2. The molecule has 3 rings (SSSR count). The second kappa shape index (κ2) is 7.74. The number of carbonyl (C=O) groups is 1. The largest absolute Gasteiger partial charge is 0.366 e. The van der Waals surface area contributed by atoms with Crippen LogP contribution in [0, 0.1) is 12.7 Å². The molecule has 1 amide bonds. The van der Waals surface area contributed by atoms with E-state index in [4.69, 9.17) is 0 Å². The smallest absolute Gasteiger partial charge is 0.271 e. The number of halogens is 1. The topological polar surface area (TPSA) is 44.7 Å². The van der Waals surface area contributed by atoms with E-state index in [1.807, 2.05) is 25.1 Å². The summed E-state index contributed by atoms with van der Waals surface area (Å²) >= 11 is 0. The van der Waals surface area contributed by atoms with Crippen molar-refractivity contribution in [1.29, 1.82) is 0 Å². The van der Waals surface area contributed by atoms with Gasteiger partial charge in [0.15, 0.2) is 0 Å². The zero-order chi connectivity index (χ0) is 20.5. The maximum Gasteiger partial charge on any atom is 0.271 e. The number of anilines is 1. The monoisotopic (exact) mass is 381 g/mol. The van der Waals surface area contributed by atoms with Crippen LogP contribution in [0.4, 0.5) is 10.1 Å². The molecule has 1 heterocycles. The SMILES string of the molecule is CCN1c2cc(F)c(/C=N\NC(=O)c3ccc(C)cc3)cc2C(C)CC1(C)C. The van der Waals surface area contributed by atoms with Gasteiger partial charge in [-0.05, 0) is 69.9 Å². The first-order valence-corrected chi connectivity index (χ1v) is 9.74. The molecule has 2 aromatic carbocycles. The van der Waals surface area contributed by atoms with Gasteiger partial charge < -0.3 is 4.90 Å². The van der Waals surface area contributed by atoms with E-state index in [2.05, 4.69) is 43.1 Å². The lowest BCUT2D eigenvalue weighted by Gasteiger charge is -2.47. The van der Waals surface area contributed by atoms with Crippen LogP contribution in [0.1, 0.15) is 67.1 Å². The molecule has 0 radical (unpaired) electrons. The standard InChI is InChI=1S/C23H28FN3O/c1-6-27-21-12-20(24)18(11-19(21)16(3)13-23(27,4)5)14-25-26-22(28)17-9-7-15(2)8-10-17/h7-12,14,16H,6,13H2,1-5H3,(H,26,28)/b25-14-. The Bertz CT molecular complexity index is 903. The fourth-order valence-corrected chi connectivity index (χ4v) is 4.15. The van der Waals surface area contributed by atoms with Crippen LogP contribution in [0.3, 0.4) is 0 Å². The van der Waals surface area contributed by atoms with Crippen LogP contribution in [0.5, 0.6) is 0 Å². The van der Waals surface area contributed by atoms with Crippen molar-refractivity contribution in [2.45, 2.75) is 52.5 Å². The van der Waals surface area contributed by atoms with Crippen LogP contribution in [-0.4, -0.2) is 24.2 Å². The summed E-state index contributed by atoms with van der Waals surface area (Å²) in [7, 11) is 0. The maximum atomic E-state index is 14.7. The molecule has 0 bridgehead atoms. The lowest BCUT2D eigenvalue weighted by atomic mass is 9.79. The van der Waals surface area contributed by atoms with Crippen molar-refractivity contribution >= 4 is 17.8 Å². The molecule has 0 aromatic heterocycles. The number of hydrogen-bond acceptors (Lipinski definition) is 3. The van der Waals surface area contributed by atoms with E-state index in [0.29, 0.717) is 17.0 Å². The molecule has 148 valence electrons. The quantitative estimate of drug-likeness (QED) is 0.598. The molecule has 1 aliphatic heterocycles. The van der Waals surface area contributed by atoms with E-state index in [9.17, 15) is 9.18 Å². The molecule has 28 heavy (non-hydrogen) atoms. The van der Waals surface area contributed by atoms with Crippen LogP contribution in [0.15, 0.2) is 41.5 Å². The lowest BCUT2D eigenvalue weighted by Crippen LogP contribution is -2.48. The molecule has 0 fully saturated rings. The van der Waals surface area contributed by atoms with Crippen molar-refractivity contribution in [3.05, 3.63) is 64.5 Å². The average Bonchev–Trinajstić information content (AvgIpc) is 2.62. The molecule has 0 saturated heterocycles. The highest BCUT2D eigenvalue weighted by Crippen LogP contribution is 2.43. The van der Waals surface area contributed by atoms with Crippen molar-refractivity contribution in [2.24, 2.45) is 5.10 Å². The van der Waals surface area contributed by atoms with Crippen molar-refractivity contribution in [2.75, 3.05) is 11.4 Å². The van der Waals surface area contributed by atoms with Gasteiger partial charge in [0.2, 0.25) is 0 Å². The van der Waals surface area contributed by atoms with Gasteiger partial charge in [0.05, 0.1) is 6.21 Å². The van der Waals surface area contributed by atoms with Crippen LogP contribution in [0.2, 0.25) is 0 Å². The Morgan fingerprint density at radius 2 is 2.00 bits per heavy atom. The molecular formula is C23H28FN3O. The minimum Gasteiger partial charge on any atom is -0.366 e. The summed E-state index contributed by atoms with van der Waals surface area (Å²) in [5, 5.41) is 3.96. The second-order valence-electron chi connectivity index (χ2n) is 8.16. The fourth-order valence-electron chi connectivity index (χ4n) is 4.15. The van der Waals surface area contributed by atoms with Gasteiger partial charge in [0, 0.05) is 28.9 Å². The number of hydrogen-bond donors (Lipinski definition) is 1. The summed E-state index contributed by atoms with van der Waals surface area (Å²) < 4.78 is 14.7. The number of hydrazone groups is 1. The van der Waals surface area contributed by atoms with Crippen molar-refractivity contribution < 1.29 is 9.18 Å². The van der Waals surface area contributed by atoms with Gasteiger partial charge in [-0.15, -0.1) is 0 Å². The molecule has 2 aromatic rings. The van der Waals surface area contributed by atoms with Crippen molar-refractivity contribution in [3.63, 3.8) is 0 Å².